The van der Waals surface area contributed by atoms with Crippen LogP contribution in [0.2, 0.25) is 0 Å². The second-order valence-electron chi connectivity index (χ2n) is 5.58. The summed E-state index contributed by atoms with van der Waals surface area (Å²) >= 11 is 0. The van der Waals surface area contributed by atoms with Crippen molar-refractivity contribution in [1.82, 2.24) is 0 Å². The molecule has 24 heavy (non-hydrogen) atoms. The minimum atomic E-state index is -0.157. The molecule has 0 amide bonds. The lowest BCUT2D eigenvalue weighted by molar-refractivity contribution is 0.302. The Balaban J connectivity index is 2.04. The molecule has 3 rings (SSSR count). The predicted octanol–water partition coefficient (Wildman–Crippen LogP) is 5.96. The summed E-state index contributed by atoms with van der Waals surface area (Å²) in [6.07, 6.45) is 2.23. The maximum absolute atomic E-state index is 6.11. The summed E-state index contributed by atoms with van der Waals surface area (Å²) in [7, 11) is -0.157. The van der Waals surface area contributed by atoms with Crippen LogP contribution in [0.15, 0.2) is 99.6 Å². The maximum atomic E-state index is 6.11. The highest BCUT2D eigenvalue weighted by Crippen LogP contribution is 2.36. The number of hydrogen-bond donors (Lipinski definition) is 0. The van der Waals surface area contributed by atoms with E-state index in [2.05, 4.69) is 91.9 Å². The molecule has 0 heterocycles. The van der Waals surface area contributed by atoms with Crippen LogP contribution in [-0.4, -0.2) is 6.61 Å². The molecule has 0 spiro atoms. The molecule has 0 saturated heterocycles. The summed E-state index contributed by atoms with van der Waals surface area (Å²) in [5.41, 5.74) is 0. The van der Waals surface area contributed by atoms with Crippen LogP contribution in [0, 0.1) is 0 Å². The Kier molecular flexibility index (Phi) is 5.97. The zero-order valence-electron chi connectivity index (χ0n) is 14.0. The van der Waals surface area contributed by atoms with Crippen LogP contribution in [-0.2, 0) is 10.9 Å². The number of para-hydroxylation sites is 1. The second kappa shape index (κ2) is 8.60. The van der Waals surface area contributed by atoms with E-state index in [0.29, 0.717) is 0 Å². The van der Waals surface area contributed by atoms with E-state index in [1.54, 1.807) is 0 Å². The van der Waals surface area contributed by atoms with Crippen molar-refractivity contribution >= 4 is 10.9 Å². The SMILES string of the molecule is CCCCOc1ccccc1[S+](c1ccccc1)c1ccccc1. The maximum Gasteiger partial charge on any atom is 0.208 e. The van der Waals surface area contributed by atoms with Gasteiger partial charge in [0, 0.05) is 0 Å². The Bertz CT molecular complexity index is 701. The third-order valence-corrected chi connectivity index (χ3v) is 6.05. The van der Waals surface area contributed by atoms with Crippen molar-refractivity contribution in [2.75, 3.05) is 6.61 Å². The van der Waals surface area contributed by atoms with Crippen molar-refractivity contribution in [3.05, 3.63) is 84.9 Å². The first kappa shape index (κ1) is 16.7. The summed E-state index contributed by atoms with van der Waals surface area (Å²) in [6, 6.07) is 29.9. The molecule has 0 fully saturated rings. The minimum Gasteiger partial charge on any atom is -0.488 e. The molecule has 2 heteroatoms. The normalized spacial score (nSPS) is 10.8. The summed E-state index contributed by atoms with van der Waals surface area (Å²) in [5.74, 6) is 1.00. The topological polar surface area (TPSA) is 9.23 Å². The molecule has 0 radical (unpaired) electrons. The number of ether oxygens (including phenoxy) is 1. The van der Waals surface area contributed by atoms with Gasteiger partial charge in [-0.3, -0.25) is 0 Å². The molecule has 0 aliphatic rings. The van der Waals surface area contributed by atoms with E-state index in [0.717, 1.165) is 25.2 Å². The van der Waals surface area contributed by atoms with Crippen LogP contribution in [0.25, 0.3) is 0 Å². The van der Waals surface area contributed by atoms with Gasteiger partial charge in [0.15, 0.2) is 15.5 Å². The van der Waals surface area contributed by atoms with E-state index >= 15 is 0 Å². The van der Waals surface area contributed by atoms with Crippen LogP contribution < -0.4 is 4.74 Å². The van der Waals surface area contributed by atoms with Gasteiger partial charge in [0.05, 0.1) is 6.61 Å². The zero-order chi connectivity index (χ0) is 16.6. The van der Waals surface area contributed by atoms with Crippen LogP contribution in [0.1, 0.15) is 19.8 Å². The summed E-state index contributed by atoms with van der Waals surface area (Å²) in [6.45, 7) is 2.96. The Labute approximate surface area is 147 Å². The van der Waals surface area contributed by atoms with Crippen molar-refractivity contribution < 1.29 is 4.74 Å². The summed E-state index contributed by atoms with van der Waals surface area (Å²) < 4.78 is 6.11. The van der Waals surface area contributed by atoms with Crippen molar-refractivity contribution in [2.45, 2.75) is 34.5 Å². The molecule has 0 saturated carbocycles. The highest BCUT2D eigenvalue weighted by atomic mass is 32.2. The van der Waals surface area contributed by atoms with Crippen molar-refractivity contribution in [3.8, 4) is 5.75 Å². The first-order valence-corrected chi connectivity index (χ1v) is 9.69. The van der Waals surface area contributed by atoms with Gasteiger partial charge in [-0.25, -0.2) is 0 Å². The fourth-order valence-electron chi connectivity index (χ4n) is 2.57. The van der Waals surface area contributed by atoms with E-state index in [1.807, 2.05) is 0 Å². The van der Waals surface area contributed by atoms with Crippen molar-refractivity contribution in [3.63, 3.8) is 0 Å². The van der Waals surface area contributed by atoms with Gasteiger partial charge in [-0.1, -0.05) is 61.9 Å². The lowest BCUT2D eigenvalue weighted by atomic mass is 10.3. The molecular formula is C22H23OS+. The number of hydrogen-bond acceptors (Lipinski definition) is 1. The third-order valence-electron chi connectivity index (χ3n) is 3.78. The fourth-order valence-corrected chi connectivity index (χ4v) is 4.75. The summed E-state index contributed by atoms with van der Waals surface area (Å²) in [5, 5.41) is 0. The largest absolute Gasteiger partial charge is 0.488 e. The average molecular weight is 335 g/mol. The van der Waals surface area contributed by atoms with Gasteiger partial charge in [0.2, 0.25) is 4.90 Å². The molecule has 1 nitrogen and oxygen atoms in total. The van der Waals surface area contributed by atoms with Gasteiger partial charge in [-0.15, -0.1) is 0 Å². The highest BCUT2D eigenvalue weighted by Gasteiger charge is 2.31. The standard InChI is InChI=1S/C22H23OS/c1-2-3-18-23-21-16-10-11-17-22(21)24(19-12-6-4-7-13-19)20-14-8-5-9-15-20/h4-17H,2-3,18H2,1H3/q+1. The Morgan fingerprint density at radius 1 is 0.708 bits per heavy atom. The molecule has 122 valence electrons. The smallest absolute Gasteiger partial charge is 0.208 e. The molecule has 3 aromatic carbocycles. The van der Waals surface area contributed by atoms with Crippen LogP contribution >= 0.6 is 0 Å². The molecular weight excluding hydrogens is 312 g/mol. The number of unbranched alkanes of at least 4 members (excludes halogenated alkanes) is 1. The lowest BCUT2D eigenvalue weighted by Crippen LogP contribution is -2.08. The van der Waals surface area contributed by atoms with Gasteiger partial charge in [-0.2, -0.15) is 0 Å². The first-order chi connectivity index (χ1) is 11.9. The van der Waals surface area contributed by atoms with Crippen molar-refractivity contribution in [2.24, 2.45) is 0 Å². The Hall–Kier alpha value is -2.19. The molecule has 3 aromatic rings. The molecule has 0 unspecified atom stereocenters. The molecule has 0 N–H and O–H groups in total. The number of rotatable bonds is 7. The molecule has 0 atom stereocenters. The lowest BCUT2D eigenvalue weighted by Gasteiger charge is -2.12. The molecule has 0 aromatic heterocycles. The fraction of sp³-hybridized carbons (Fsp3) is 0.182. The minimum absolute atomic E-state index is 0.157. The van der Waals surface area contributed by atoms with Gasteiger partial charge in [-0.05, 0) is 42.8 Å². The predicted molar refractivity (Wildman–Crippen MR) is 102 cm³/mol. The molecule has 0 aliphatic heterocycles. The van der Waals surface area contributed by atoms with E-state index in [1.165, 1.54) is 14.7 Å². The van der Waals surface area contributed by atoms with E-state index in [-0.39, 0.29) is 10.9 Å². The van der Waals surface area contributed by atoms with Gasteiger partial charge < -0.3 is 4.74 Å². The third kappa shape index (κ3) is 4.01. The van der Waals surface area contributed by atoms with Crippen molar-refractivity contribution in [1.29, 1.82) is 0 Å². The van der Waals surface area contributed by atoms with Gasteiger partial charge >= 0.3 is 0 Å². The second-order valence-corrected chi connectivity index (χ2v) is 7.58. The van der Waals surface area contributed by atoms with E-state index < -0.39 is 0 Å². The van der Waals surface area contributed by atoms with Gasteiger partial charge in [0.1, 0.15) is 10.9 Å². The van der Waals surface area contributed by atoms with Crippen LogP contribution in [0.4, 0.5) is 0 Å². The highest BCUT2D eigenvalue weighted by molar-refractivity contribution is 7.97. The Morgan fingerprint density at radius 3 is 1.83 bits per heavy atom. The number of benzene rings is 3. The quantitative estimate of drug-likeness (QED) is 0.382. The summed E-state index contributed by atoms with van der Waals surface area (Å²) in [4.78, 5) is 3.89. The average Bonchev–Trinajstić information content (AvgIpc) is 2.65. The van der Waals surface area contributed by atoms with Crippen LogP contribution in [0.5, 0.6) is 5.75 Å². The van der Waals surface area contributed by atoms with E-state index in [4.69, 9.17) is 4.74 Å². The Morgan fingerprint density at radius 2 is 1.25 bits per heavy atom. The monoisotopic (exact) mass is 335 g/mol. The van der Waals surface area contributed by atoms with Gasteiger partial charge in [0.25, 0.3) is 0 Å². The zero-order valence-corrected chi connectivity index (χ0v) is 14.8. The van der Waals surface area contributed by atoms with E-state index in [9.17, 15) is 0 Å². The molecule has 0 aliphatic carbocycles. The molecule has 0 bridgehead atoms. The first-order valence-electron chi connectivity index (χ1n) is 8.46. The van der Waals surface area contributed by atoms with Crippen LogP contribution in [0.3, 0.4) is 0 Å².